The number of amides is 1. The zero-order valence-electron chi connectivity index (χ0n) is 7.06. The van der Waals surface area contributed by atoms with E-state index in [1.165, 1.54) is 0 Å². The minimum atomic E-state index is -0.00870. The van der Waals surface area contributed by atoms with Gasteiger partial charge in [0.2, 0.25) is 0 Å². The van der Waals surface area contributed by atoms with Crippen molar-refractivity contribution in [1.29, 1.82) is 0 Å². The van der Waals surface area contributed by atoms with Crippen LogP contribution in [0.4, 0.5) is 0 Å². The summed E-state index contributed by atoms with van der Waals surface area (Å²) < 4.78 is 0. The maximum atomic E-state index is 11.3. The summed E-state index contributed by atoms with van der Waals surface area (Å²) in [4.78, 5) is 15.2. The Hall–Kier alpha value is -1.09. The Kier molecular flexibility index (Phi) is 3.25. The van der Waals surface area contributed by atoms with Crippen LogP contribution >= 0.6 is 12.4 Å². The van der Waals surface area contributed by atoms with Gasteiger partial charge in [-0.05, 0) is 25.0 Å². The van der Waals surface area contributed by atoms with Crippen molar-refractivity contribution in [3.63, 3.8) is 0 Å². The number of carbonyl (C=O) groups excluding carboxylic acids is 1. The fourth-order valence-electron chi connectivity index (χ4n) is 0.993. The Morgan fingerprint density at radius 3 is 2.85 bits per heavy atom. The fourth-order valence-corrected chi connectivity index (χ4v) is 0.993. The van der Waals surface area contributed by atoms with E-state index >= 15 is 0 Å². The molecule has 1 N–H and O–H groups in total. The first kappa shape index (κ1) is 9.99. The predicted molar refractivity (Wildman–Crippen MR) is 52.0 cm³/mol. The van der Waals surface area contributed by atoms with Gasteiger partial charge in [-0.3, -0.25) is 9.78 Å². The summed E-state index contributed by atoms with van der Waals surface area (Å²) >= 11 is 0. The number of rotatable bonds is 2. The topological polar surface area (TPSA) is 42.0 Å². The van der Waals surface area contributed by atoms with Gasteiger partial charge in [-0.25, -0.2) is 0 Å². The monoisotopic (exact) mass is 198 g/mol. The van der Waals surface area contributed by atoms with Gasteiger partial charge in [0.05, 0.1) is 5.56 Å². The number of nitrogens with one attached hydrogen (secondary N) is 1. The van der Waals surface area contributed by atoms with E-state index in [2.05, 4.69) is 10.3 Å². The van der Waals surface area contributed by atoms with Crippen molar-refractivity contribution >= 4 is 18.3 Å². The van der Waals surface area contributed by atoms with Crippen LogP contribution in [0.15, 0.2) is 24.5 Å². The third-order valence-corrected chi connectivity index (χ3v) is 1.84. The third kappa shape index (κ3) is 2.70. The van der Waals surface area contributed by atoms with Gasteiger partial charge in [0.25, 0.3) is 5.91 Å². The number of halogens is 1. The maximum Gasteiger partial charge on any atom is 0.253 e. The van der Waals surface area contributed by atoms with Gasteiger partial charge < -0.3 is 5.32 Å². The van der Waals surface area contributed by atoms with Crippen LogP contribution in [0.5, 0.6) is 0 Å². The normalized spacial score (nSPS) is 14.5. The average Bonchev–Trinajstić information content (AvgIpc) is 2.90. The highest BCUT2D eigenvalue weighted by Crippen LogP contribution is 2.19. The Morgan fingerprint density at radius 2 is 2.31 bits per heavy atom. The van der Waals surface area contributed by atoms with E-state index in [9.17, 15) is 4.79 Å². The molecule has 1 heterocycles. The van der Waals surface area contributed by atoms with E-state index in [0.717, 1.165) is 12.8 Å². The van der Waals surface area contributed by atoms with Crippen LogP contribution in [0.1, 0.15) is 23.2 Å². The molecule has 1 saturated carbocycles. The van der Waals surface area contributed by atoms with E-state index in [4.69, 9.17) is 0 Å². The lowest BCUT2D eigenvalue weighted by molar-refractivity contribution is 0.0950. The molecule has 0 aromatic carbocycles. The van der Waals surface area contributed by atoms with E-state index in [1.807, 2.05) is 0 Å². The zero-order valence-corrected chi connectivity index (χ0v) is 7.88. The van der Waals surface area contributed by atoms with Gasteiger partial charge in [0.15, 0.2) is 0 Å². The molecule has 3 nitrogen and oxygen atoms in total. The second kappa shape index (κ2) is 4.23. The minimum Gasteiger partial charge on any atom is -0.349 e. The summed E-state index contributed by atoms with van der Waals surface area (Å²) in [5.74, 6) is -0.00870. The molecule has 0 unspecified atom stereocenters. The standard InChI is InChI=1S/C9H10N2O.ClH/c12-9(11-8-3-4-8)7-2-1-5-10-6-7;/h1-2,5-6,8H,3-4H2,(H,11,12);1H. The van der Waals surface area contributed by atoms with Crippen molar-refractivity contribution in [2.24, 2.45) is 0 Å². The lowest BCUT2D eigenvalue weighted by Crippen LogP contribution is -2.25. The molecule has 1 aliphatic carbocycles. The molecule has 0 radical (unpaired) electrons. The number of hydrogen-bond donors (Lipinski definition) is 1. The molecular weight excluding hydrogens is 188 g/mol. The molecule has 70 valence electrons. The first-order chi connectivity index (χ1) is 5.86. The van der Waals surface area contributed by atoms with Crippen molar-refractivity contribution < 1.29 is 4.79 Å². The maximum absolute atomic E-state index is 11.3. The van der Waals surface area contributed by atoms with Gasteiger partial charge in [-0.15, -0.1) is 12.4 Å². The van der Waals surface area contributed by atoms with Crippen LogP contribution < -0.4 is 5.32 Å². The largest absolute Gasteiger partial charge is 0.349 e. The van der Waals surface area contributed by atoms with Crippen LogP contribution in [0.25, 0.3) is 0 Å². The third-order valence-electron chi connectivity index (χ3n) is 1.84. The van der Waals surface area contributed by atoms with Gasteiger partial charge in [-0.2, -0.15) is 0 Å². The minimum absolute atomic E-state index is 0. The highest BCUT2D eigenvalue weighted by Gasteiger charge is 2.23. The molecule has 1 aromatic heterocycles. The van der Waals surface area contributed by atoms with Gasteiger partial charge >= 0.3 is 0 Å². The molecule has 1 aliphatic rings. The fraction of sp³-hybridized carbons (Fsp3) is 0.333. The molecule has 0 aliphatic heterocycles. The van der Waals surface area contributed by atoms with Crippen molar-refractivity contribution in [3.05, 3.63) is 30.1 Å². The van der Waals surface area contributed by atoms with Crippen LogP contribution in [0.3, 0.4) is 0 Å². The molecule has 0 atom stereocenters. The Balaban J connectivity index is 0.000000845. The molecule has 1 fully saturated rings. The van der Waals surface area contributed by atoms with E-state index in [-0.39, 0.29) is 18.3 Å². The number of hydrogen-bond acceptors (Lipinski definition) is 2. The van der Waals surface area contributed by atoms with Crippen molar-refractivity contribution in [2.75, 3.05) is 0 Å². The van der Waals surface area contributed by atoms with Crippen LogP contribution in [0, 0.1) is 0 Å². The predicted octanol–water partition coefficient (Wildman–Crippen LogP) is 1.40. The second-order valence-corrected chi connectivity index (χ2v) is 2.99. The summed E-state index contributed by atoms with van der Waals surface area (Å²) in [5.41, 5.74) is 0.643. The number of aromatic nitrogens is 1. The molecule has 0 spiro atoms. The Labute approximate surface area is 83.0 Å². The van der Waals surface area contributed by atoms with Crippen molar-refractivity contribution in [2.45, 2.75) is 18.9 Å². The molecule has 0 bridgehead atoms. The van der Waals surface area contributed by atoms with Gasteiger partial charge in [-0.1, -0.05) is 0 Å². The SMILES string of the molecule is Cl.O=C(NC1CC1)c1cccnc1. The first-order valence-electron chi connectivity index (χ1n) is 4.07. The lowest BCUT2D eigenvalue weighted by Gasteiger charge is -2.00. The molecule has 4 heteroatoms. The summed E-state index contributed by atoms with van der Waals surface area (Å²) in [6, 6.07) is 3.95. The number of nitrogens with zero attached hydrogens (tertiary/aromatic N) is 1. The zero-order chi connectivity index (χ0) is 8.39. The lowest BCUT2D eigenvalue weighted by atomic mass is 10.3. The summed E-state index contributed by atoms with van der Waals surface area (Å²) in [7, 11) is 0. The molecular formula is C9H11ClN2O. The Morgan fingerprint density at radius 1 is 1.54 bits per heavy atom. The van der Waals surface area contributed by atoms with E-state index < -0.39 is 0 Å². The van der Waals surface area contributed by atoms with Crippen LogP contribution in [-0.2, 0) is 0 Å². The van der Waals surface area contributed by atoms with E-state index in [1.54, 1.807) is 24.5 Å². The Bertz CT molecular complexity index is 285. The van der Waals surface area contributed by atoms with Gasteiger partial charge in [0.1, 0.15) is 0 Å². The van der Waals surface area contributed by atoms with Gasteiger partial charge in [0, 0.05) is 18.4 Å². The smallest absolute Gasteiger partial charge is 0.253 e. The summed E-state index contributed by atoms with van der Waals surface area (Å²) in [6.07, 6.45) is 5.48. The highest BCUT2D eigenvalue weighted by atomic mass is 35.5. The van der Waals surface area contributed by atoms with Crippen LogP contribution in [0.2, 0.25) is 0 Å². The quantitative estimate of drug-likeness (QED) is 0.781. The van der Waals surface area contributed by atoms with Crippen LogP contribution in [-0.4, -0.2) is 16.9 Å². The molecule has 1 amide bonds. The highest BCUT2D eigenvalue weighted by molar-refractivity contribution is 5.94. The summed E-state index contributed by atoms with van der Waals surface area (Å²) in [5, 5.41) is 2.89. The molecule has 13 heavy (non-hydrogen) atoms. The second-order valence-electron chi connectivity index (χ2n) is 2.99. The molecule has 0 saturated heterocycles. The number of pyridine rings is 1. The number of carbonyl (C=O) groups is 1. The first-order valence-corrected chi connectivity index (χ1v) is 4.07. The molecule has 1 aromatic rings. The van der Waals surface area contributed by atoms with E-state index in [0.29, 0.717) is 11.6 Å². The van der Waals surface area contributed by atoms with Crippen molar-refractivity contribution in [3.8, 4) is 0 Å². The average molecular weight is 199 g/mol. The summed E-state index contributed by atoms with van der Waals surface area (Å²) in [6.45, 7) is 0. The van der Waals surface area contributed by atoms with Crippen molar-refractivity contribution in [1.82, 2.24) is 10.3 Å². The molecule has 2 rings (SSSR count).